The van der Waals surface area contributed by atoms with Crippen LogP contribution in [-0.2, 0) is 9.47 Å². The van der Waals surface area contributed by atoms with Crippen molar-refractivity contribution in [3.63, 3.8) is 0 Å². The first-order valence-corrected chi connectivity index (χ1v) is 10.2. The van der Waals surface area contributed by atoms with Crippen LogP contribution in [0.5, 0.6) is 0 Å². The molecule has 2 fully saturated rings. The van der Waals surface area contributed by atoms with Crippen LogP contribution in [0.2, 0.25) is 0 Å². The van der Waals surface area contributed by atoms with Gasteiger partial charge in [-0.1, -0.05) is 19.3 Å². The van der Waals surface area contributed by atoms with Gasteiger partial charge in [0, 0.05) is 26.3 Å². The number of halogens is 1. The molecule has 0 heterocycles. The maximum Gasteiger partial charge on any atom is 0.191 e. The molecular formula is C19H38IN3O3. The number of aliphatic hydroxyl groups excluding tert-OH is 1. The fourth-order valence-electron chi connectivity index (χ4n) is 3.01. The van der Waals surface area contributed by atoms with Gasteiger partial charge >= 0.3 is 0 Å². The summed E-state index contributed by atoms with van der Waals surface area (Å²) in [4.78, 5) is 4.44. The predicted octanol–water partition coefficient (Wildman–Crippen LogP) is 2.69. The number of nitrogens with zero attached hydrogens (tertiary/aromatic N) is 1. The number of aliphatic imine (C=N–C) groups is 1. The lowest BCUT2D eigenvalue weighted by Gasteiger charge is -2.22. The number of rotatable bonds is 12. The second-order valence-corrected chi connectivity index (χ2v) is 7.27. The highest BCUT2D eigenvalue weighted by molar-refractivity contribution is 14.0. The van der Waals surface area contributed by atoms with Gasteiger partial charge in [-0.15, -0.1) is 24.0 Å². The summed E-state index contributed by atoms with van der Waals surface area (Å²) in [7, 11) is 0. The normalized spacial score (nSPS) is 19.7. The van der Waals surface area contributed by atoms with Crippen LogP contribution in [0, 0.1) is 5.92 Å². The van der Waals surface area contributed by atoms with Crippen LogP contribution in [0.15, 0.2) is 4.99 Å². The molecule has 26 heavy (non-hydrogen) atoms. The van der Waals surface area contributed by atoms with Gasteiger partial charge in [-0.25, -0.2) is 0 Å². The highest BCUT2D eigenvalue weighted by Crippen LogP contribution is 2.28. The lowest BCUT2D eigenvalue weighted by atomic mass is 9.98. The monoisotopic (exact) mass is 483 g/mol. The molecule has 0 amide bonds. The van der Waals surface area contributed by atoms with E-state index in [4.69, 9.17) is 9.47 Å². The Kier molecular flexibility index (Phi) is 13.7. The molecule has 2 rings (SSSR count). The maximum atomic E-state index is 9.95. The van der Waals surface area contributed by atoms with E-state index in [0.717, 1.165) is 44.6 Å². The lowest BCUT2D eigenvalue weighted by molar-refractivity contribution is 0.0276. The number of hydrogen-bond acceptors (Lipinski definition) is 4. The summed E-state index contributed by atoms with van der Waals surface area (Å²) in [5, 5.41) is 16.5. The molecule has 0 aliphatic heterocycles. The lowest BCUT2D eigenvalue weighted by Crippen LogP contribution is -2.39. The number of ether oxygens (including phenoxy) is 2. The molecule has 6 nitrogen and oxygen atoms in total. The van der Waals surface area contributed by atoms with Crippen molar-refractivity contribution in [1.82, 2.24) is 10.6 Å². The minimum Gasteiger partial charge on any atom is -0.389 e. The van der Waals surface area contributed by atoms with E-state index in [-0.39, 0.29) is 24.0 Å². The molecule has 0 radical (unpaired) electrons. The average Bonchev–Trinajstić information content (AvgIpc) is 3.44. The van der Waals surface area contributed by atoms with Gasteiger partial charge in [-0.05, 0) is 44.9 Å². The van der Waals surface area contributed by atoms with Gasteiger partial charge in [-0.2, -0.15) is 0 Å². The molecule has 154 valence electrons. The summed E-state index contributed by atoms with van der Waals surface area (Å²) in [6.45, 7) is 5.98. The molecule has 0 spiro atoms. The molecule has 0 aromatic carbocycles. The standard InChI is InChI=1S/C19H37N3O3.HI/c1-2-20-19(22-13-17(23)15-24-14-16-9-10-16)21-11-6-12-25-18-7-4-3-5-8-18;/h16-18,23H,2-15H2,1H3,(H2,20,21,22);1H. The summed E-state index contributed by atoms with van der Waals surface area (Å²) >= 11 is 0. The van der Waals surface area contributed by atoms with Gasteiger partial charge in [0.2, 0.25) is 0 Å². The smallest absolute Gasteiger partial charge is 0.191 e. The fourth-order valence-corrected chi connectivity index (χ4v) is 3.01. The van der Waals surface area contributed by atoms with E-state index in [1.807, 2.05) is 6.92 Å². The minimum atomic E-state index is -0.538. The van der Waals surface area contributed by atoms with Crippen LogP contribution in [0.25, 0.3) is 0 Å². The summed E-state index contributed by atoms with van der Waals surface area (Å²) in [5.41, 5.74) is 0. The van der Waals surface area contributed by atoms with Gasteiger partial charge in [0.05, 0.1) is 25.4 Å². The second-order valence-electron chi connectivity index (χ2n) is 7.27. The quantitative estimate of drug-likeness (QED) is 0.172. The summed E-state index contributed by atoms with van der Waals surface area (Å²) in [5.74, 6) is 1.48. The Labute approximate surface area is 175 Å². The van der Waals surface area contributed by atoms with Crippen molar-refractivity contribution in [1.29, 1.82) is 0 Å². The van der Waals surface area contributed by atoms with Crippen molar-refractivity contribution in [2.45, 2.75) is 70.5 Å². The fraction of sp³-hybridized carbons (Fsp3) is 0.947. The first-order chi connectivity index (χ1) is 12.3. The Morgan fingerprint density at radius 1 is 1.15 bits per heavy atom. The first kappa shape index (κ1) is 23.9. The first-order valence-electron chi connectivity index (χ1n) is 10.2. The summed E-state index contributed by atoms with van der Waals surface area (Å²) in [6, 6.07) is 0. The van der Waals surface area contributed by atoms with E-state index in [2.05, 4.69) is 15.6 Å². The van der Waals surface area contributed by atoms with E-state index >= 15 is 0 Å². The van der Waals surface area contributed by atoms with Crippen molar-refractivity contribution >= 4 is 29.9 Å². The zero-order valence-electron chi connectivity index (χ0n) is 16.3. The third kappa shape index (κ3) is 11.6. The molecular weight excluding hydrogens is 445 g/mol. The Balaban J connectivity index is 0.00000338. The largest absolute Gasteiger partial charge is 0.389 e. The van der Waals surface area contributed by atoms with Crippen molar-refractivity contribution in [3.05, 3.63) is 0 Å². The van der Waals surface area contributed by atoms with Gasteiger partial charge in [0.15, 0.2) is 5.96 Å². The highest BCUT2D eigenvalue weighted by atomic mass is 127. The molecule has 1 unspecified atom stereocenters. The Morgan fingerprint density at radius 2 is 1.92 bits per heavy atom. The Hall–Kier alpha value is -0.120. The van der Waals surface area contributed by atoms with Crippen LogP contribution in [0.1, 0.15) is 58.3 Å². The molecule has 1 atom stereocenters. The van der Waals surface area contributed by atoms with Gasteiger partial charge in [0.1, 0.15) is 0 Å². The van der Waals surface area contributed by atoms with Gasteiger partial charge < -0.3 is 25.2 Å². The molecule has 0 aromatic heterocycles. The number of hydrogen-bond donors (Lipinski definition) is 3. The molecule has 3 N–H and O–H groups in total. The maximum absolute atomic E-state index is 9.95. The highest BCUT2D eigenvalue weighted by Gasteiger charge is 2.21. The SMILES string of the molecule is CCNC(=NCC(O)COCC1CC1)NCCCOC1CCCCC1.I. The zero-order chi connectivity index (χ0) is 17.7. The third-order valence-corrected chi connectivity index (χ3v) is 4.68. The van der Waals surface area contributed by atoms with Crippen LogP contribution >= 0.6 is 24.0 Å². The van der Waals surface area contributed by atoms with E-state index in [1.54, 1.807) is 0 Å². The summed E-state index contributed by atoms with van der Waals surface area (Å²) in [6.07, 6.45) is 9.87. The number of guanidine groups is 1. The molecule has 2 aliphatic carbocycles. The van der Waals surface area contributed by atoms with Crippen molar-refractivity contribution in [2.75, 3.05) is 39.5 Å². The van der Waals surface area contributed by atoms with Crippen molar-refractivity contribution in [2.24, 2.45) is 10.9 Å². The minimum absolute atomic E-state index is 0. The molecule has 0 aromatic rings. The number of nitrogens with one attached hydrogen (secondary N) is 2. The van der Waals surface area contributed by atoms with Crippen LogP contribution in [0.4, 0.5) is 0 Å². The Bertz CT molecular complexity index is 375. The molecule has 0 saturated heterocycles. The summed E-state index contributed by atoms with van der Waals surface area (Å²) < 4.78 is 11.4. The van der Waals surface area contributed by atoms with E-state index in [1.165, 1.54) is 44.9 Å². The van der Waals surface area contributed by atoms with E-state index in [0.29, 0.717) is 19.3 Å². The second kappa shape index (κ2) is 14.9. The van der Waals surface area contributed by atoms with Crippen LogP contribution in [-0.4, -0.2) is 62.7 Å². The zero-order valence-corrected chi connectivity index (χ0v) is 18.6. The average molecular weight is 483 g/mol. The topological polar surface area (TPSA) is 75.1 Å². The molecule has 7 heteroatoms. The van der Waals surface area contributed by atoms with Gasteiger partial charge in [0.25, 0.3) is 0 Å². The molecule has 2 aliphatic rings. The Morgan fingerprint density at radius 3 is 2.62 bits per heavy atom. The number of aliphatic hydroxyl groups is 1. The molecule has 2 saturated carbocycles. The predicted molar refractivity (Wildman–Crippen MR) is 116 cm³/mol. The van der Waals surface area contributed by atoms with Crippen molar-refractivity contribution in [3.8, 4) is 0 Å². The van der Waals surface area contributed by atoms with E-state index < -0.39 is 6.10 Å². The van der Waals surface area contributed by atoms with Crippen LogP contribution < -0.4 is 10.6 Å². The van der Waals surface area contributed by atoms with Crippen molar-refractivity contribution < 1.29 is 14.6 Å². The molecule has 0 bridgehead atoms. The van der Waals surface area contributed by atoms with Crippen LogP contribution in [0.3, 0.4) is 0 Å². The van der Waals surface area contributed by atoms with E-state index in [9.17, 15) is 5.11 Å². The third-order valence-electron chi connectivity index (χ3n) is 4.68. The van der Waals surface area contributed by atoms with Gasteiger partial charge in [-0.3, -0.25) is 4.99 Å².